The summed E-state index contributed by atoms with van der Waals surface area (Å²) in [6, 6.07) is 6.46. The van der Waals surface area contributed by atoms with Crippen molar-refractivity contribution in [3.8, 4) is 5.75 Å². The first-order valence-corrected chi connectivity index (χ1v) is 6.86. The van der Waals surface area contributed by atoms with Crippen LogP contribution in [-0.4, -0.2) is 28.4 Å². The van der Waals surface area contributed by atoms with E-state index in [0.29, 0.717) is 0 Å². The molecule has 0 fully saturated rings. The van der Waals surface area contributed by atoms with Gasteiger partial charge in [-0.05, 0) is 25.1 Å². The zero-order chi connectivity index (χ0) is 14.5. The first-order chi connectivity index (χ1) is 9.65. The number of methoxy groups -OCH3 is 1. The highest BCUT2D eigenvalue weighted by molar-refractivity contribution is 5.39. The molecule has 1 atom stereocenters. The molecule has 0 aliphatic rings. The van der Waals surface area contributed by atoms with Gasteiger partial charge in [-0.15, -0.1) is 0 Å². The minimum absolute atomic E-state index is 0.165. The molecule has 5 nitrogen and oxygen atoms in total. The number of rotatable bonds is 6. The Morgan fingerprint density at radius 1 is 1.40 bits per heavy atom. The molecule has 2 rings (SSSR count). The van der Waals surface area contributed by atoms with Crippen LogP contribution in [-0.2, 0) is 13.5 Å². The second kappa shape index (κ2) is 6.52. The molecule has 0 amide bonds. The second-order valence-corrected chi connectivity index (χ2v) is 4.86. The van der Waals surface area contributed by atoms with E-state index in [-0.39, 0.29) is 6.04 Å². The van der Waals surface area contributed by atoms with Gasteiger partial charge in [-0.25, -0.2) is 4.98 Å². The first kappa shape index (κ1) is 14.5. The zero-order valence-electron chi connectivity index (χ0n) is 12.6. The summed E-state index contributed by atoms with van der Waals surface area (Å²) >= 11 is 0. The Hall–Kier alpha value is -1.88. The van der Waals surface area contributed by atoms with E-state index in [1.54, 1.807) is 13.4 Å². The average Bonchev–Trinajstić information content (AvgIpc) is 2.84. The Labute approximate surface area is 120 Å². The van der Waals surface area contributed by atoms with Gasteiger partial charge in [0.05, 0.1) is 7.11 Å². The lowest BCUT2D eigenvalue weighted by Gasteiger charge is -2.20. The summed E-state index contributed by atoms with van der Waals surface area (Å²) in [5, 5.41) is 7.62. The van der Waals surface area contributed by atoms with E-state index in [1.165, 1.54) is 5.56 Å². The van der Waals surface area contributed by atoms with Gasteiger partial charge >= 0.3 is 0 Å². The molecule has 0 saturated heterocycles. The van der Waals surface area contributed by atoms with E-state index < -0.39 is 0 Å². The van der Waals surface area contributed by atoms with Gasteiger partial charge in [-0.2, -0.15) is 5.10 Å². The molecule has 1 aromatic heterocycles. The average molecular weight is 274 g/mol. The molecule has 1 heterocycles. The fourth-order valence-corrected chi connectivity index (χ4v) is 2.33. The lowest BCUT2D eigenvalue weighted by Crippen LogP contribution is -2.24. The third kappa shape index (κ3) is 3.17. The lowest BCUT2D eigenvalue weighted by molar-refractivity contribution is 0.397. The predicted molar refractivity (Wildman–Crippen MR) is 78.9 cm³/mol. The molecule has 0 aliphatic carbocycles. The molecule has 0 bridgehead atoms. The Bertz CT molecular complexity index is 565. The summed E-state index contributed by atoms with van der Waals surface area (Å²) in [4.78, 5) is 4.31. The van der Waals surface area contributed by atoms with E-state index in [4.69, 9.17) is 4.74 Å². The van der Waals surface area contributed by atoms with E-state index >= 15 is 0 Å². The van der Waals surface area contributed by atoms with Crippen molar-refractivity contribution in [1.29, 1.82) is 0 Å². The predicted octanol–water partition coefficient (Wildman–Crippen LogP) is 2.03. The van der Waals surface area contributed by atoms with Gasteiger partial charge in [0.1, 0.15) is 17.9 Å². The molecular formula is C15H22N4O. The molecular weight excluding hydrogens is 252 g/mol. The van der Waals surface area contributed by atoms with Gasteiger partial charge < -0.3 is 10.1 Å². The van der Waals surface area contributed by atoms with Crippen LogP contribution in [0.25, 0.3) is 0 Å². The van der Waals surface area contributed by atoms with E-state index in [9.17, 15) is 0 Å². The zero-order valence-corrected chi connectivity index (χ0v) is 12.6. The fraction of sp³-hybridized carbons (Fsp3) is 0.467. The lowest BCUT2D eigenvalue weighted by atomic mass is 10.0. The highest BCUT2D eigenvalue weighted by atomic mass is 16.5. The maximum absolute atomic E-state index is 5.52. The molecule has 0 aliphatic heterocycles. The Balaban J connectivity index is 2.30. The third-order valence-corrected chi connectivity index (χ3v) is 3.41. The summed E-state index contributed by atoms with van der Waals surface area (Å²) in [6.45, 7) is 5.06. The molecule has 1 N–H and O–H groups in total. The van der Waals surface area contributed by atoms with Crippen molar-refractivity contribution < 1.29 is 4.74 Å². The summed E-state index contributed by atoms with van der Waals surface area (Å²) in [5.41, 5.74) is 2.35. The number of likely N-dealkylation sites (N-methyl/N-ethyl adjacent to an activating group) is 1. The highest BCUT2D eigenvalue weighted by Crippen LogP contribution is 2.28. The van der Waals surface area contributed by atoms with Crippen LogP contribution in [0.5, 0.6) is 5.75 Å². The SMILES string of the molecule is CCNC(Cc1ncnn1C)c1ccc(C)cc1OC. The number of hydrogen-bond acceptors (Lipinski definition) is 4. The number of nitrogens with zero attached hydrogens (tertiary/aromatic N) is 3. The van der Waals surface area contributed by atoms with Gasteiger partial charge in [-0.1, -0.05) is 19.1 Å². The van der Waals surface area contributed by atoms with Crippen molar-refractivity contribution in [1.82, 2.24) is 20.1 Å². The summed E-state index contributed by atoms with van der Waals surface area (Å²) in [7, 11) is 3.63. The van der Waals surface area contributed by atoms with E-state index in [2.05, 4.69) is 47.4 Å². The molecule has 0 spiro atoms. The summed E-state index contributed by atoms with van der Waals surface area (Å²) in [5.74, 6) is 1.87. The molecule has 2 aromatic rings. The van der Waals surface area contributed by atoms with Crippen molar-refractivity contribution >= 4 is 0 Å². The van der Waals surface area contributed by atoms with E-state index in [0.717, 1.165) is 30.1 Å². The molecule has 108 valence electrons. The Kier molecular flexibility index (Phi) is 4.74. The molecule has 5 heteroatoms. The molecule has 1 aromatic carbocycles. The van der Waals surface area contributed by atoms with Crippen molar-refractivity contribution in [2.24, 2.45) is 7.05 Å². The number of aromatic nitrogens is 3. The van der Waals surface area contributed by atoms with Gasteiger partial charge in [0.2, 0.25) is 0 Å². The molecule has 0 saturated carbocycles. The highest BCUT2D eigenvalue weighted by Gasteiger charge is 2.18. The maximum atomic E-state index is 5.52. The van der Waals surface area contributed by atoms with Gasteiger partial charge in [0.25, 0.3) is 0 Å². The van der Waals surface area contributed by atoms with Crippen molar-refractivity contribution in [2.45, 2.75) is 26.3 Å². The first-order valence-electron chi connectivity index (χ1n) is 6.86. The monoisotopic (exact) mass is 274 g/mol. The number of aryl methyl sites for hydroxylation is 2. The third-order valence-electron chi connectivity index (χ3n) is 3.41. The van der Waals surface area contributed by atoms with Gasteiger partial charge in [0, 0.05) is 25.1 Å². The van der Waals surface area contributed by atoms with Crippen molar-refractivity contribution in [2.75, 3.05) is 13.7 Å². The minimum Gasteiger partial charge on any atom is -0.496 e. The number of nitrogens with one attached hydrogen (secondary N) is 1. The number of hydrogen-bond donors (Lipinski definition) is 1. The molecule has 20 heavy (non-hydrogen) atoms. The van der Waals surface area contributed by atoms with Crippen LogP contribution in [0.3, 0.4) is 0 Å². The standard InChI is InChI=1S/C15H22N4O/c1-5-16-13(9-15-17-10-18-19(15)3)12-7-6-11(2)8-14(12)20-4/h6-8,10,13,16H,5,9H2,1-4H3. The van der Waals surface area contributed by atoms with Crippen LogP contribution in [0.2, 0.25) is 0 Å². The largest absolute Gasteiger partial charge is 0.496 e. The van der Waals surface area contributed by atoms with Crippen molar-refractivity contribution in [3.63, 3.8) is 0 Å². The number of ether oxygens (including phenoxy) is 1. The smallest absolute Gasteiger partial charge is 0.138 e. The summed E-state index contributed by atoms with van der Waals surface area (Å²) < 4.78 is 7.33. The normalized spacial score (nSPS) is 12.4. The van der Waals surface area contributed by atoms with Crippen molar-refractivity contribution in [3.05, 3.63) is 41.5 Å². The quantitative estimate of drug-likeness (QED) is 0.875. The Morgan fingerprint density at radius 2 is 2.20 bits per heavy atom. The van der Waals surface area contributed by atoms with Crippen LogP contribution < -0.4 is 10.1 Å². The van der Waals surface area contributed by atoms with Crippen LogP contribution in [0, 0.1) is 6.92 Å². The molecule has 1 unspecified atom stereocenters. The second-order valence-electron chi connectivity index (χ2n) is 4.86. The number of benzene rings is 1. The Morgan fingerprint density at radius 3 is 2.80 bits per heavy atom. The van der Waals surface area contributed by atoms with Crippen LogP contribution in [0.4, 0.5) is 0 Å². The van der Waals surface area contributed by atoms with Gasteiger partial charge in [-0.3, -0.25) is 4.68 Å². The van der Waals surface area contributed by atoms with Crippen LogP contribution >= 0.6 is 0 Å². The van der Waals surface area contributed by atoms with Crippen LogP contribution in [0.1, 0.15) is 29.9 Å². The minimum atomic E-state index is 0.165. The van der Waals surface area contributed by atoms with Crippen LogP contribution in [0.15, 0.2) is 24.5 Å². The molecule has 0 radical (unpaired) electrons. The fourth-order valence-electron chi connectivity index (χ4n) is 2.33. The maximum Gasteiger partial charge on any atom is 0.138 e. The van der Waals surface area contributed by atoms with Gasteiger partial charge in [0.15, 0.2) is 0 Å². The summed E-state index contributed by atoms with van der Waals surface area (Å²) in [6.07, 6.45) is 2.37. The topological polar surface area (TPSA) is 52.0 Å². The van der Waals surface area contributed by atoms with E-state index in [1.807, 2.05) is 11.7 Å².